The third-order valence-electron chi connectivity index (χ3n) is 5.46. The smallest absolute Gasteiger partial charge is 0.346 e. The molecule has 11 heteroatoms. The molecule has 1 aromatic carbocycles. The molecule has 0 saturated carbocycles. The van der Waals surface area contributed by atoms with Crippen molar-refractivity contribution in [2.45, 2.75) is 45.3 Å². The molecule has 32 heavy (non-hydrogen) atoms. The van der Waals surface area contributed by atoms with Crippen LogP contribution in [-0.2, 0) is 11.0 Å². The van der Waals surface area contributed by atoms with Crippen molar-refractivity contribution >= 4 is 11.7 Å². The van der Waals surface area contributed by atoms with E-state index < -0.39 is 29.9 Å². The van der Waals surface area contributed by atoms with Crippen molar-refractivity contribution < 1.29 is 31.5 Å². The number of alkyl halides is 5. The number of amides is 1. The Kier molecular flexibility index (Phi) is 6.97. The second-order valence-electron chi connectivity index (χ2n) is 7.77. The first-order valence-electron chi connectivity index (χ1n) is 10.1. The van der Waals surface area contributed by atoms with Gasteiger partial charge in [-0.3, -0.25) is 14.5 Å². The number of piperidine rings is 1. The predicted molar refractivity (Wildman–Crippen MR) is 106 cm³/mol. The fourth-order valence-electron chi connectivity index (χ4n) is 3.86. The molecule has 1 N–H and O–H groups in total. The third-order valence-corrected chi connectivity index (χ3v) is 5.46. The molecular formula is C21H23F5N4O2. The summed E-state index contributed by atoms with van der Waals surface area (Å²) in [6.45, 7) is 3.45. The number of aromatic nitrogens is 2. The molecule has 6 nitrogen and oxygen atoms in total. The summed E-state index contributed by atoms with van der Waals surface area (Å²) in [6.07, 6.45) is -6.09. The quantitative estimate of drug-likeness (QED) is 0.409. The maximum Gasteiger partial charge on any atom is 0.416 e. The average Bonchev–Trinajstić information content (AvgIpc) is 3.02. The van der Waals surface area contributed by atoms with Gasteiger partial charge in [0.15, 0.2) is 0 Å². The second kappa shape index (κ2) is 9.35. The summed E-state index contributed by atoms with van der Waals surface area (Å²) >= 11 is 0. The van der Waals surface area contributed by atoms with Gasteiger partial charge < -0.3 is 5.32 Å². The third kappa shape index (κ3) is 5.32. The molecule has 0 aliphatic carbocycles. The number of rotatable bonds is 6. The fraction of sp³-hybridized carbons (Fsp3) is 0.476. The number of halogens is 5. The van der Waals surface area contributed by atoms with E-state index in [9.17, 15) is 31.5 Å². The lowest BCUT2D eigenvalue weighted by Gasteiger charge is -2.31. The Hall–Kier alpha value is -2.82. The number of nitrogens with one attached hydrogen (secondary N) is 1. The number of ketones is 1. The van der Waals surface area contributed by atoms with Crippen LogP contribution in [0.25, 0.3) is 5.69 Å². The van der Waals surface area contributed by atoms with E-state index in [1.54, 1.807) is 4.90 Å². The van der Waals surface area contributed by atoms with Crippen molar-refractivity contribution in [1.82, 2.24) is 20.0 Å². The first kappa shape index (κ1) is 23.8. The maximum absolute atomic E-state index is 13.0. The Labute approximate surface area is 181 Å². The Bertz CT molecular complexity index is 995. The van der Waals surface area contributed by atoms with Crippen LogP contribution in [0, 0.1) is 13.8 Å². The monoisotopic (exact) mass is 458 g/mol. The molecule has 1 fully saturated rings. The van der Waals surface area contributed by atoms with Gasteiger partial charge in [-0.2, -0.15) is 18.3 Å². The van der Waals surface area contributed by atoms with E-state index in [2.05, 4.69) is 10.4 Å². The molecule has 1 aliphatic heterocycles. The molecule has 1 aliphatic rings. The minimum atomic E-state index is -4.53. The van der Waals surface area contributed by atoms with Crippen LogP contribution in [0.15, 0.2) is 24.3 Å². The number of hydrogen-bond donors (Lipinski definition) is 1. The Morgan fingerprint density at radius 3 is 2.44 bits per heavy atom. The predicted octanol–water partition coefficient (Wildman–Crippen LogP) is 3.54. The van der Waals surface area contributed by atoms with E-state index in [0.717, 1.165) is 12.1 Å². The average molecular weight is 458 g/mol. The van der Waals surface area contributed by atoms with Crippen LogP contribution < -0.4 is 5.32 Å². The number of Topliss-reactive ketones (excluding diaryl/α,β-unsaturated/α-hetero) is 1. The number of aryl methyl sites for hydroxylation is 1. The molecule has 1 amide bonds. The van der Waals surface area contributed by atoms with Crippen LogP contribution in [0.4, 0.5) is 22.0 Å². The summed E-state index contributed by atoms with van der Waals surface area (Å²) < 4.78 is 65.3. The molecule has 0 atom stereocenters. The van der Waals surface area contributed by atoms with Crippen molar-refractivity contribution in [3.05, 3.63) is 46.8 Å². The van der Waals surface area contributed by atoms with Gasteiger partial charge in [-0.05, 0) is 44.9 Å². The Morgan fingerprint density at radius 1 is 1.19 bits per heavy atom. The minimum Gasteiger partial charge on any atom is -0.346 e. The first-order valence-corrected chi connectivity index (χ1v) is 10.1. The summed E-state index contributed by atoms with van der Waals surface area (Å²) in [5.41, 5.74) is -0.256. The van der Waals surface area contributed by atoms with Crippen LogP contribution in [0.2, 0.25) is 0 Å². The summed E-state index contributed by atoms with van der Waals surface area (Å²) in [4.78, 5) is 26.9. The molecule has 0 radical (unpaired) electrons. The van der Waals surface area contributed by atoms with Gasteiger partial charge in [0.1, 0.15) is 0 Å². The van der Waals surface area contributed by atoms with E-state index in [1.807, 2.05) is 0 Å². The van der Waals surface area contributed by atoms with E-state index in [1.165, 1.54) is 30.7 Å². The zero-order valence-electron chi connectivity index (χ0n) is 17.5. The van der Waals surface area contributed by atoms with Gasteiger partial charge in [0, 0.05) is 19.1 Å². The van der Waals surface area contributed by atoms with Gasteiger partial charge in [0.2, 0.25) is 0 Å². The van der Waals surface area contributed by atoms with Crippen LogP contribution in [0.5, 0.6) is 0 Å². The lowest BCUT2D eigenvalue weighted by atomic mass is 10.0. The van der Waals surface area contributed by atoms with Gasteiger partial charge >= 0.3 is 6.18 Å². The van der Waals surface area contributed by atoms with Crippen LogP contribution in [0.3, 0.4) is 0 Å². The topological polar surface area (TPSA) is 67.2 Å². The molecular weight excluding hydrogens is 435 g/mol. The van der Waals surface area contributed by atoms with E-state index >= 15 is 0 Å². The normalized spacial score (nSPS) is 15.9. The van der Waals surface area contributed by atoms with Crippen molar-refractivity contribution in [1.29, 1.82) is 0 Å². The zero-order chi connectivity index (χ0) is 23.6. The van der Waals surface area contributed by atoms with E-state index in [0.29, 0.717) is 25.9 Å². The number of hydrogen-bond acceptors (Lipinski definition) is 4. The van der Waals surface area contributed by atoms with Gasteiger partial charge in [-0.25, -0.2) is 13.5 Å². The summed E-state index contributed by atoms with van der Waals surface area (Å²) in [7, 11) is 0. The highest BCUT2D eigenvalue weighted by atomic mass is 19.4. The second-order valence-corrected chi connectivity index (χ2v) is 7.77. The maximum atomic E-state index is 13.0. The molecule has 174 valence electrons. The SMILES string of the molecule is Cc1nn(-c2cccc(C(F)(F)F)c2)c(C)c1C(=O)C(=O)NC1CCN(CC(F)F)CC1. The molecule has 1 aromatic heterocycles. The molecule has 0 spiro atoms. The first-order chi connectivity index (χ1) is 15.0. The molecule has 0 bridgehead atoms. The summed E-state index contributed by atoms with van der Waals surface area (Å²) in [6, 6.07) is 4.20. The number of likely N-dealkylation sites (tertiary alicyclic amines) is 1. The van der Waals surface area contributed by atoms with Gasteiger partial charge in [-0.1, -0.05) is 6.07 Å². The minimum absolute atomic E-state index is 0.0232. The lowest BCUT2D eigenvalue weighted by molar-refractivity contribution is -0.137. The molecule has 3 rings (SSSR count). The van der Waals surface area contributed by atoms with Gasteiger partial charge in [0.05, 0.1) is 34.7 Å². The highest BCUT2D eigenvalue weighted by Gasteiger charge is 2.32. The Balaban J connectivity index is 1.73. The number of benzene rings is 1. The van der Waals surface area contributed by atoms with Crippen molar-refractivity contribution in [3.8, 4) is 5.69 Å². The van der Waals surface area contributed by atoms with Crippen molar-refractivity contribution in [3.63, 3.8) is 0 Å². The number of nitrogens with zero attached hydrogens (tertiary/aromatic N) is 3. The number of carbonyl (C=O) groups is 2. The van der Waals surface area contributed by atoms with Crippen molar-refractivity contribution in [2.24, 2.45) is 0 Å². The van der Waals surface area contributed by atoms with Crippen LogP contribution in [-0.4, -0.2) is 58.5 Å². The van der Waals surface area contributed by atoms with Gasteiger partial charge in [0.25, 0.3) is 18.1 Å². The molecule has 2 aromatic rings. The number of carbonyl (C=O) groups excluding carboxylic acids is 2. The van der Waals surface area contributed by atoms with E-state index in [4.69, 9.17) is 0 Å². The highest BCUT2D eigenvalue weighted by Crippen LogP contribution is 2.31. The fourth-order valence-corrected chi connectivity index (χ4v) is 3.86. The summed E-state index contributed by atoms with van der Waals surface area (Å²) in [5.74, 6) is -1.69. The summed E-state index contributed by atoms with van der Waals surface area (Å²) in [5, 5.41) is 6.80. The molecule has 2 heterocycles. The largest absolute Gasteiger partial charge is 0.416 e. The van der Waals surface area contributed by atoms with Crippen molar-refractivity contribution in [2.75, 3.05) is 19.6 Å². The standard InChI is InChI=1S/C21H23F5N4O2/c1-12-18(13(2)30(28-12)16-5-3-4-14(10-16)21(24,25)26)19(31)20(32)27-15-6-8-29(9-7-15)11-17(22)23/h3-5,10,15,17H,6-9,11H2,1-2H3,(H,27,32). The zero-order valence-corrected chi connectivity index (χ0v) is 17.5. The molecule has 0 unspecified atom stereocenters. The lowest BCUT2D eigenvalue weighted by Crippen LogP contribution is -2.47. The van der Waals surface area contributed by atoms with Gasteiger partial charge in [-0.15, -0.1) is 0 Å². The highest BCUT2D eigenvalue weighted by molar-refractivity contribution is 6.43. The Morgan fingerprint density at radius 2 is 1.84 bits per heavy atom. The van der Waals surface area contributed by atoms with Crippen LogP contribution >= 0.6 is 0 Å². The van der Waals surface area contributed by atoms with Crippen LogP contribution in [0.1, 0.15) is 40.2 Å². The van der Waals surface area contributed by atoms with E-state index in [-0.39, 0.29) is 35.2 Å². The molecule has 1 saturated heterocycles.